The van der Waals surface area contributed by atoms with Crippen LogP contribution >= 0.6 is 0 Å². The minimum atomic E-state index is -0.471. The van der Waals surface area contributed by atoms with Gasteiger partial charge in [0.15, 0.2) is 0 Å². The standard InChI is InChI=1S/C24H30N4O7/c1-19(2)24(30)35-15-12-27(11-14-33-17-18-34-16-13-29)22-7-3-20(4-8-22)25-26-21-5-9-23(10-6-21)28(31)32/h3-10,29H,1,11-18H2,2H3. The molecule has 0 saturated heterocycles. The highest BCUT2D eigenvalue weighted by Crippen LogP contribution is 2.23. The van der Waals surface area contributed by atoms with E-state index >= 15 is 0 Å². The lowest BCUT2D eigenvalue weighted by atomic mass is 10.2. The van der Waals surface area contributed by atoms with Gasteiger partial charge in [-0.3, -0.25) is 10.1 Å². The van der Waals surface area contributed by atoms with E-state index in [1.54, 1.807) is 19.1 Å². The van der Waals surface area contributed by atoms with Crippen molar-refractivity contribution in [3.63, 3.8) is 0 Å². The molecule has 0 spiro atoms. The Morgan fingerprint density at radius 2 is 1.49 bits per heavy atom. The molecule has 0 saturated carbocycles. The van der Waals surface area contributed by atoms with Crippen LogP contribution in [0.25, 0.3) is 0 Å². The lowest BCUT2D eigenvalue weighted by Crippen LogP contribution is -2.32. The number of nitro benzene ring substituents is 1. The summed E-state index contributed by atoms with van der Waals surface area (Å²) in [6.07, 6.45) is 0. The van der Waals surface area contributed by atoms with Crippen LogP contribution in [-0.2, 0) is 19.0 Å². The third-order valence-electron chi connectivity index (χ3n) is 4.61. The van der Waals surface area contributed by atoms with Crippen LogP contribution in [0.15, 0.2) is 70.9 Å². The molecule has 0 aliphatic heterocycles. The Balaban J connectivity index is 1.96. The molecule has 2 rings (SSSR count). The highest BCUT2D eigenvalue weighted by Gasteiger charge is 2.10. The zero-order chi connectivity index (χ0) is 25.5. The third kappa shape index (κ3) is 10.4. The Morgan fingerprint density at radius 3 is 2.03 bits per heavy atom. The summed E-state index contributed by atoms with van der Waals surface area (Å²) in [5.74, 6) is -0.441. The van der Waals surface area contributed by atoms with Crippen molar-refractivity contribution in [1.29, 1.82) is 0 Å². The first kappa shape index (κ1) is 27.6. The molecule has 0 atom stereocenters. The Hall–Kier alpha value is -3.67. The first-order chi connectivity index (χ1) is 16.9. The van der Waals surface area contributed by atoms with Crippen LogP contribution in [0.5, 0.6) is 0 Å². The van der Waals surface area contributed by atoms with Crippen molar-refractivity contribution < 1.29 is 29.0 Å². The van der Waals surface area contributed by atoms with Gasteiger partial charge in [-0.05, 0) is 43.3 Å². The van der Waals surface area contributed by atoms with E-state index in [1.165, 1.54) is 24.3 Å². The highest BCUT2D eigenvalue weighted by atomic mass is 16.6. The summed E-state index contributed by atoms with van der Waals surface area (Å²) in [6.45, 7) is 7.84. The van der Waals surface area contributed by atoms with Crippen molar-refractivity contribution >= 4 is 28.7 Å². The molecule has 2 aromatic rings. The number of carbonyl (C=O) groups excluding carboxylic acids is 1. The van der Waals surface area contributed by atoms with Crippen molar-refractivity contribution in [3.8, 4) is 0 Å². The molecule has 11 heteroatoms. The predicted molar refractivity (Wildman–Crippen MR) is 130 cm³/mol. The number of aliphatic hydroxyl groups is 1. The monoisotopic (exact) mass is 486 g/mol. The number of aliphatic hydroxyl groups excluding tert-OH is 1. The molecule has 0 aliphatic carbocycles. The molecule has 0 aliphatic rings. The Morgan fingerprint density at radius 1 is 0.943 bits per heavy atom. The minimum Gasteiger partial charge on any atom is -0.460 e. The van der Waals surface area contributed by atoms with Gasteiger partial charge >= 0.3 is 5.97 Å². The van der Waals surface area contributed by atoms with Crippen LogP contribution in [0.3, 0.4) is 0 Å². The van der Waals surface area contributed by atoms with E-state index in [0.717, 1.165) is 5.69 Å². The number of hydrogen-bond donors (Lipinski definition) is 1. The van der Waals surface area contributed by atoms with E-state index in [4.69, 9.17) is 19.3 Å². The Labute approximate surface area is 203 Å². The molecule has 11 nitrogen and oxygen atoms in total. The second-order valence-corrected chi connectivity index (χ2v) is 7.34. The molecule has 0 heterocycles. The number of nitrogens with zero attached hydrogens (tertiary/aromatic N) is 4. The summed E-state index contributed by atoms with van der Waals surface area (Å²) in [6, 6.07) is 13.1. The number of ether oxygens (including phenoxy) is 3. The number of esters is 1. The molecule has 0 aromatic heterocycles. The van der Waals surface area contributed by atoms with E-state index in [1.807, 2.05) is 17.0 Å². The Kier molecular flexibility index (Phi) is 12.0. The molecule has 0 bridgehead atoms. The van der Waals surface area contributed by atoms with Gasteiger partial charge in [0.2, 0.25) is 0 Å². The predicted octanol–water partition coefficient (Wildman–Crippen LogP) is 3.96. The lowest BCUT2D eigenvalue weighted by molar-refractivity contribution is -0.384. The number of hydrogen-bond acceptors (Lipinski definition) is 10. The van der Waals surface area contributed by atoms with Gasteiger partial charge in [0.05, 0.1) is 55.9 Å². The maximum absolute atomic E-state index is 11.7. The number of benzene rings is 2. The molecule has 1 N–H and O–H groups in total. The summed E-state index contributed by atoms with van der Waals surface area (Å²) in [7, 11) is 0. The largest absolute Gasteiger partial charge is 0.460 e. The van der Waals surface area contributed by atoms with Crippen LogP contribution in [0.4, 0.5) is 22.7 Å². The van der Waals surface area contributed by atoms with Crippen LogP contribution in [0.1, 0.15) is 6.92 Å². The number of carbonyl (C=O) groups is 1. The first-order valence-corrected chi connectivity index (χ1v) is 11.0. The second kappa shape index (κ2) is 15.3. The van der Waals surface area contributed by atoms with E-state index in [-0.39, 0.29) is 25.5 Å². The van der Waals surface area contributed by atoms with Crippen molar-refractivity contribution in [3.05, 3.63) is 70.8 Å². The van der Waals surface area contributed by atoms with E-state index in [9.17, 15) is 14.9 Å². The molecule has 0 amide bonds. The maximum atomic E-state index is 11.7. The van der Waals surface area contributed by atoms with Gasteiger partial charge in [-0.2, -0.15) is 10.2 Å². The maximum Gasteiger partial charge on any atom is 0.333 e. The van der Waals surface area contributed by atoms with Crippen LogP contribution in [0, 0.1) is 10.1 Å². The van der Waals surface area contributed by atoms with Gasteiger partial charge in [-0.25, -0.2) is 4.79 Å². The fourth-order valence-corrected chi connectivity index (χ4v) is 2.79. The van der Waals surface area contributed by atoms with E-state index in [2.05, 4.69) is 16.8 Å². The fraction of sp³-hybridized carbons (Fsp3) is 0.375. The van der Waals surface area contributed by atoms with Gasteiger partial charge in [0.1, 0.15) is 6.61 Å². The van der Waals surface area contributed by atoms with Gasteiger partial charge in [0, 0.05) is 29.9 Å². The second-order valence-electron chi connectivity index (χ2n) is 7.34. The smallest absolute Gasteiger partial charge is 0.333 e. The SMILES string of the molecule is C=C(C)C(=O)OCCN(CCOCCOCCO)c1ccc(N=Nc2ccc([N+](=O)[O-])cc2)cc1. The van der Waals surface area contributed by atoms with E-state index < -0.39 is 10.9 Å². The van der Waals surface area contributed by atoms with Gasteiger partial charge in [-0.15, -0.1) is 0 Å². The molecule has 0 radical (unpaired) electrons. The summed E-state index contributed by atoms with van der Waals surface area (Å²) < 4.78 is 16.0. The molecular formula is C24H30N4O7. The van der Waals surface area contributed by atoms with E-state index in [0.29, 0.717) is 49.9 Å². The van der Waals surface area contributed by atoms with Crippen molar-refractivity contribution in [1.82, 2.24) is 0 Å². The van der Waals surface area contributed by atoms with Crippen LogP contribution in [0.2, 0.25) is 0 Å². The highest BCUT2D eigenvalue weighted by molar-refractivity contribution is 5.86. The number of azo groups is 1. The number of anilines is 1. The molecule has 2 aromatic carbocycles. The fourth-order valence-electron chi connectivity index (χ4n) is 2.79. The minimum absolute atomic E-state index is 0.0102. The summed E-state index contributed by atoms with van der Waals surface area (Å²) >= 11 is 0. The zero-order valence-corrected chi connectivity index (χ0v) is 19.7. The molecule has 35 heavy (non-hydrogen) atoms. The topological polar surface area (TPSA) is 136 Å². The molecule has 0 fully saturated rings. The Bertz CT molecular complexity index is 978. The van der Waals surface area contributed by atoms with Crippen LogP contribution < -0.4 is 4.90 Å². The van der Waals surface area contributed by atoms with Gasteiger partial charge < -0.3 is 24.2 Å². The molecule has 188 valence electrons. The molecular weight excluding hydrogens is 456 g/mol. The average molecular weight is 487 g/mol. The summed E-state index contributed by atoms with van der Waals surface area (Å²) in [5.41, 5.74) is 2.32. The van der Waals surface area contributed by atoms with Gasteiger partial charge in [-0.1, -0.05) is 6.58 Å². The van der Waals surface area contributed by atoms with Gasteiger partial charge in [0.25, 0.3) is 5.69 Å². The third-order valence-corrected chi connectivity index (χ3v) is 4.61. The lowest BCUT2D eigenvalue weighted by Gasteiger charge is -2.24. The van der Waals surface area contributed by atoms with Crippen LogP contribution in [-0.4, -0.2) is 68.7 Å². The zero-order valence-electron chi connectivity index (χ0n) is 19.7. The summed E-state index contributed by atoms with van der Waals surface area (Å²) in [5, 5.41) is 27.7. The van der Waals surface area contributed by atoms with Crippen molar-refractivity contribution in [2.45, 2.75) is 6.92 Å². The quantitative estimate of drug-likeness (QED) is 0.0940. The summed E-state index contributed by atoms with van der Waals surface area (Å²) in [4.78, 5) is 24.0. The number of nitro groups is 1. The van der Waals surface area contributed by atoms with Crippen molar-refractivity contribution in [2.24, 2.45) is 10.2 Å². The van der Waals surface area contributed by atoms with Crippen molar-refractivity contribution in [2.75, 3.05) is 57.6 Å². The average Bonchev–Trinajstić information content (AvgIpc) is 2.86. The first-order valence-electron chi connectivity index (χ1n) is 11.0. The number of non-ortho nitro benzene ring substituents is 1. The molecule has 0 unspecified atom stereocenters. The number of rotatable bonds is 16. The normalized spacial score (nSPS) is 10.9.